The third-order valence-corrected chi connectivity index (χ3v) is 5.60. The maximum Gasteiger partial charge on any atom is -0.00137 e. The van der Waals surface area contributed by atoms with Gasteiger partial charge in [0.25, 0.3) is 0 Å². The topological polar surface area (TPSA) is 0 Å². The fourth-order valence-corrected chi connectivity index (χ4v) is 4.58. The molecule has 5 aromatic rings. The van der Waals surface area contributed by atoms with Crippen LogP contribution in [-0.4, -0.2) is 0 Å². The highest BCUT2D eigenvalue weighted by atomic mass is 14.3. The lowest BCUT2D eigenvalue weighted by molar-refractivity contribution is 1.68. The number of hydrogen-bond donors (Lipinski definition) is 0. The van der Waals surface area contributed by atoms with Crippen LogP contribution in [0.1, 0.15) is 0 Å². The zero-order valence-electron chi connectivity index (χ0n) is 14.2. The molecule has 0 N–H and O–H groups in total. The molecule has 0 aliphatic heterocycles. The van der Waals surface area contributed by atoms with Gasteiger partial charge in [0.2, 0.25) is 0 Å². The molecule has 26 heavy (non-hydrogen) atoms. The highest BCUT2D eigenvalue weighted by Crippen LogP contribution is 2.53. The van der Waals surface area contributed by atoms with E-state index < -0.39 is 0 Å². The van der Waals surface area contributed by atoms with Crippen LogP contribution in [0.2, 0.25) is 0 Å². The summed E-state index contributed by atoms with van der Waals surface area (Å²) in [5.74, 6) is 0. The van der Waals surface area contributed by atoms with Crippen LogP contribution in [0, 0.1) is 0 Å². The lowest BCUT2D eigenvalue weighted by Gasteiger charge is -2.15. The van der Waals surface area contributed by atoms with Crippen molar-refractivity contribution in [1.82, 2.24) is 0 Å². The lowest BCUT2D eigenvalue weighted by atomic mass is 9.88. The van der Waals surface area contributed by atoms with Crippen LogP contribution in [0.25, 0.3) is 54.9 Å². The molecule has 0 spiro atoms. The molecular formula is C26H16. The summed E-state index contributed by atoms with van der Waals surface area (Å²) in [6.07, 6.45) is 0. The van der Waals surface area contributed by atoms with Gasteiger partial charge in [-0.25, -0.2) is 0 Å². The molecule has 0 saturated heterocycles. The van der Waals surface area contributed by atoms with Crippen molar-refractivity contribution >= 4 is 21.5 Å². The standard InChI is InChI=1S/C26H16/c1-2-9-17(10-3-1)24-21-13-6-7-14-22(21)25-19-12-5-4-11-18(19)20-15-8-16-23(24)26(20)25/h1-16H. The van der Waals surface area contributed by atoms with Crippen molar-refractivity contribution in [3.8, 4) is 33.4 Å². The summed E-state index contributed by atoms with van der Waals surface area (Å²) in [6, 6.07) is 35.2. The Balaban J connectivity index is 1.92. The van der Waals surface area contributed by atoms with E-state index >= 15 is 0 Å². The fraction of sp³-hybridized carbons (Fsp3) is 0. The van der Waals surface area contributed by atoms with Gasteiger partial charge in [0.15, 0.2) is 0 Å². The molecule has 0 unspecified atom stereocenters. The van der Waals surface area contributed by atoms with E-state index in [0.29, 0.717) is 0 Å². The first-order valence-electron chi connectivity index (χ1n) is 9.06. The predicted molar refractivity (Wildman–Crippen MR) is 111 cm³/mol. The van der Waals surface area contributed by atoms with Crippen molar-refractivity contribution in [2.24, 2.45) is 0 Å². The van der Waals surface area contributed by atoms with Gasteiger partial charge in [-0.2, -0.15) is 0 Å². The van der Waals surface area contributed by atoms with E-state index in [1.54, 1.807) is 0 Å². The van der Waals surface area contributed by atoms with Gasteiger partial charge in [0.05, 0.1) is 0 Å². The van der Waals surface area contributed by atoms with Crippen LogP contribution < -0.4 is 0 Å². The number of hydrogen-bond acceptors (Lipinski definition) is 0. The second-order valence-corrected chi connectivity index (χ2v) is 6.94. The lowest BCUT2D eigenvalue weighted by Crippen LogP contribution is -1.87. The van der Waals surface area contributed by atoms with Gasteiger partial charge in [0, 0.05) is 0 Å². The summed E-state index contributed by atoms with van der Waals surface area (Å²) in [5.41, 5.74) is 8.08. The number of fused-ring (bicyclic) bond motifs is 5. The average molecular weight is 328 g/mol. The Bertz CT molecular complexity index is 1300. The van der Waals surface area contributed by atoms with Gasteiger partial charge in [0.1, 0.15) is 0 Å². The SMILES string of the molecule is c1ccc(-c2c3ccccc3c3c4c(cccc24)-c2ccccc2-3)cc1. The van der Waals surface area contributed by atoms with E-state index in [1.807, 2.05) is 0 Å². The number of benzene rings is 5. The molecule has 5 aromatic carbocycles. The second kappa shape index (κ2) is 5.06. The van der Waals surface area contributed by atoms with Crippen molar-refractivity contribution in [3.05, 3.63) is 97.1 Å². The van der Waals surface area contributed by atoms with Gasteiger partial charge >= 0.3 is 0 Å². The third-order valence-electron chi connectivity index (χ3n) is 5.60. The first-order valence-corrected chi connectivity index (χ1v) is 9.06. The smallest absolute Gasteiger partial charge is 0.00137 e. The zero-order valence-corrected chi connectivity index (χ0v) is 14.2. The second-order valence-electron chi connectivity index (χ2n) is 6.94. The summed E-state index contributed by atoms with van der Waals surface area (Å²) in [4.78, 5) is 0. The molecule has 0 radical (unpaired) electrons. The number of rotatable bonds is 1. The maximum absolute atomic E-state index is 2.28. The molecule has 0 amide bonds. The van der Waals surface area contributed by atoms with Gasteiger partial charge in [-0.05, 0) is 54.9 Å². The van der Waals surface area contributed by atoms with E-state index in [1.165, 1.54) is 54.9 Å². The van der Waals surface area contributed by atoms with Crippen molar-refractivity contribution in [2.45, 2.75) is 0 Å². The van der Waals surface area contributed by atoms with Crippen molar-refractivity contribution in [1.29, 1.82) is 0 Å². The summed E-state index contributed by atoms with van der Waals surface area (Å²) < 4.78 is 0. The molecule has 0 heterocycles. The molecule has 0 saturated carbocycles. The minimum Gasteiger partial charge on any atom is -0.0622 e. The molecule has 0 fully saturated rings. The molecule has 1 aliphatic rings. The average Bonchev–Trinajstić information content (AvgIpc) is 3.05. The highest BCUT2D eigenvalue weighted by Gasteiger charge is 2.25. The summed E-state index contributed by atoms with van der Waals surface area (Å²) >= 11 is 0. The van der Waals surface area contributed by atoms with Gasteiger partial charge < -0.3 is 0 Å². The van der Waals surface area contributed by atoms with Crippen LogP contribution in [0.3, 0.4) is 0 Å². The first kappa shape index (κ1) is 13.9. The Labute approximate surface area is 152 Å². The zero-order chi connectivity index (χ0) is 17.1. The van der Waals surface area contributed by atoms with E-state index in [-0.39, 0.29) is 0 Å². The molecule has 120 valence electrons. The van der Waals surface area contributed by atoms with Crippen LogP contribution >= 0.6 is 0 Å². The molecule has 6 rings (SSSR count). The van der Waals surface area contributed by atoms with E-state index in [0.717, 1.165) is 0 Å². The van der Waals surface area contributed by atoms with Crippen molar-refractivity contribution in [3.63, 3.8) is 0 Å². The van der Waals surface area contributed by atoms with E-state index in [4.69, 9.17) is 0 Å². The van der Waals surface area contributed by atoms with Gasteiger partial charge in [-0.3, -0.25) is 0 Å². The minimum atomic E-state index is 1.28. The van der Waals surface area contributed by atoms with Gasteiger partial charge in [-0.15, -0.1) is 0 Å². The molecule has 0 atom stereocenters. The molecule has 0 bridgehead atoms. The summed E-state index contributed by atoms with van der Waals surface area (Å²) in [7, 11) is 0. The van der Waals surface area contributed by atoms with Crippen LogP contribution in [-0.2, 0) is 0 Å². The Morgan fingerprint density at radius 2 is 0.923 bits per heavy atom. The fourth-order valence-electron chi connectivity index (χ4n) is 4.58. The van der Waals surface area contributed by atoms with Crippen LogP contribution in [0.15, 0.2) is 97.1 Å². The summed E-state index contributed by atoms with van der Waals surface area (Å²) in [5, 5.41) is 5.41. The largest absolute Gasteiger partial charge is 0.0622 e. The van der Waals surface area contributed by atoms with Crippen molar-refractivity contribution in [2.75, 3.05) is 0 Å². The Morgan fingerprint density at radius 3 is 1.73 bits per heavy atom. The monoisotopic (exact) mass is 328 g/mol. The van der Waals surface area contributed by atoms with Crippen LogP contribution in [0.4, 0.5) is 0 Å². The van der Waals surface area contributed by atoms with Crippen molar-refractivity contribution < 1.29 is 0 Å². The third kappa shape index (κ3) is 1.69. The Hall–Kier alpha value is -3.38. The summed E-state index contributed by atoms with van der Waals surface area (Å²) in [6.45, 7) is 0. The van der Waals surface area contributed by atoms with Crippen LogP contribution in [0.5, 0.6) is 0 Å². The predicted octanol–water partition coefficient (Wildman–Crippen LogP) is 7.31. The highest BCUT2D eigenvalue weighted by molar-refractivity contribution is 6.29. The molecule has 0 heteroatoms. The van der Waals surface area contributed by atoms with Gasteiger partial charge in [-0.1, -0.05) is 97.1 Å². The Morgan fingerprint density at radius 1 is 0.346 bits per heavy atom. The quantitative estimate of drug-likeness (QED) is 0.278. The molecule has 1 aliphatic carbocycles. The maximum atomic E-state index is 2.28. The Kier molecular flexibility index (Phi) is 2.70. The first-order chi connectivity index (χ1) is 12.9. The molecular weight excluding hydrogens is 312 g/mol. The minimum absolute atomic E-state index is 1.28. The molecule has 0 aromatic heterocycles. The molecule has 0 nitrogen and oxygen atoms in total. The van der Waals surface area contributed by atoms with E-state index in [2.05, 4.69) is 97.1 Å². The van der Waals surface area contributed by atoms with E-state index in [9.17, 15) is 0 Å². The normalized spacial score (nSPS) is 11.8.